The third kappa shape index (κ3) is 3.36. The van der Waals surface area contributed by atoms with Crippen LogP contribution in [0.15, 0.2) is 63.9 Å². The molecule has 146 valence electrons. The molecule has 0 atom stereocenters. The molecule has 0 fully saturated rings. The largest absolute Gasteiger partial charge is 0.480 e. The van der Waals surface area contributed by atoms with Crippen molar-refractivity contribution in [2.45, 2.75) is 0 Å². The molecule has 2 aromatic carbocycles. The quantitative estimate of drug-likeness (QED) is 0.423. The standard InChI is InChI=1S/C21H15BrClN3O3/c1-28-19-15-17(24-21(25-19)29-2)16(22)18(12-8-10-13(23)11-9-12)26(20(15)27)14-6-4-3-5-7-14/h3-11H,1-2H3. The van der Waals surface area contributed by atoms with Crippen LogP contribution in [0.5, 0.6) is 11.9 Å². The van der Waals surface area contributed by atoms with Gasteiger partial charge in [-0.05, 0) is 45.8 Å². The SMILES string of the molecule is COc1nc(OC)c2c(=O)n(-c3ccccc3)c(-c3ccc(Cl)cc3)c(Br)c2n1. The molecule has 4 aromatic rings. The van der Waals surface area contributed by atoms with Crippen molar-refractivity contribution in [2.24, 2.45) is 0 Å². The van der Waals surface area contributed by atoms with Crippen molar-refractivity contribution in [1.29, 1.82) is 0 Å². The van der Waals surface area contributed by atoms with E-state index in [4.69, 9.17) is 21.1 Å². The van der Waals surface area contributed by atoms with E-state index in [0.717, 1.165) is 5.56 Å². The average molecular weight is 473 g/mol. The van der Waals surface area contributed by atoms with Crippen LogP contribution in [0.1, 0.15) is 0 Å². The summed E-state index contributed by atoms with van der Waals surface area (Å²) >= 11 is 9.72. The minimum absolute atomic E-state index is 0.106. The minimum Gasteiger partial charge on any atom is -0.480 e. The first kappa shape index (κ1) is 19.4. The van der Waals surface area contributed by atoms with Crippen LogP contribution in [0.3, 0.4) is 0 Å². The molecule has 8 heteroatoms. The summed E-state index contributed by atoms with van der Waals surface area (Å²) in [7, 11) is 2.91. The second-order valence-corrected chi connectivity index (χ2v) is 7.32. The molecule has 0 saturated heterocycles. The molecule has 0 amide bonds. The van der Waals surface area contributed by atoms with E-state index in [1.807, 2.05) is 42.5 Å². The summed E-state index contributed by atoms with van der Waals surface area (Å²) < 4.78 is 12.8. The number of benzene rings is 2. The Balaban J connectivity index is 2.21. The smallest absolute Gasteiger partial charge is 0.320 e. The summed E-state index contributed by atoms with van der Waals surface area (Å²) in [6, 6.07) is 16.7. The minimum atomic E-state index is -0.307. The maximum Gasteiger partial charge on any atom is 0.320 e. The van der Waals surface area contributed by atoms with Gasteiger partial charge >= 0.3 is 6.01 Å². The first-order chi connectivity index (χ1) is 14.0. The maximum absolute atomic E-state index is 13.6. The number of hydrogen-bond acceptors (Lipinski definition) is 5. The molecule has 6 nitrogen and oxygen atoms in total. The van der Waals surface area contributed by atoms with Crippen molar-refractivity contribution < 1.29 is 9.47 Å². The number of halogens is 2. The number of para-hydroxylation sites is 1. The van der Waals surface area contributed by atoms with Crippen LogP contribution >= 0.6 is 27.5 Å². The predicted molar refractivity (Wildman–Crippen MR) is 116 cm³/mol. The highest BCUT2D eigenvalue weighted by molar-refractivity contribution is 9.10. The van der Waals surface area contributed by atoms with Crippen molar-refractivity contribution in [3.05, 3.63) is 74.4 Å². The monoisotopic (exact) mass is 471 g/mol. The van der Waals surface area contributed by atoms with Crippen molar-refractivity contribution in [2.75, 3.05) is 14.2 Å². The lowest BCUT2D eigenvalue weighted by Crippen LogP contribution is -2.22. The Morgan fingerprint density at radius 3 is 2.28 bits per heavy atom. The fourth-order valence-corrected chi connectivity index (χ4v) is 3.94. The highest BCUT2D eigenvalue weighted by atomic mass is 79.9. The van der Waals surface area contributed by atoms with E-state index >= 15 is 0 Å². The van der Waals surface area contributed by atoms with E-state index < -0.39 is 0 Å². The van der Waals surface area contributed by atoms with Crippen molar-refractivity contribution in [3.63, 3.8) is 0 Å². The van der Waals surface area contributed by atoms with Gasteiger partial charge in [0.05, 0.1) is 24.4 Å². The third-order valence-corrected chi connectivity index (χ3v) is 5.42. The number of fused-ring (bicyclic) bond motifs is 1. The van der Waals surface area contributed by atoms with E-state index in [0.29, 0.717) is 26.4 Å². The Kier molecular flexibility index (Phi) is 5.25. The molecule has 0 aliphatic rings. The molecule has 0 bridgehead atoms. The summed E-state index contributed by atoms with van der Waals surface area (Å²) in [6.45, 7) is 0. The molecule has 0 unspecified atom stereocenters. The summed E-state index contributed by atoms with van der Waals surface area (Å²) in [5.74, 6) is 0.143. The van der Waals surface area contributed by atoms with Crippen LogP contribution < -0.4 is 15.0 Å². The molecule has 0 saturated carbocycles. The van der Waals surface area contributed by atoms with Crippen molar-refractivity contribution in [3.8, 4) is 28.8 Å². The Morgan fingerprint density at radius 2 is 1.66 bits per heavy atom. The number of ether oxygens (including phenoxy) is 2. The first-order valence-electron chi connectivity index (χ1n) is 8.60. The number of methoxy groups -OCH3 is 2. The Labute approximate surface area is 179 Å². The van der Waals surface area contributed by atoms with Gasteiger partial charge in [0.15, 0.2) is 0 Å². The van der Waals surface area contributed by atoms with Gasteiger partial charge in [0, 0.05) is 10.7 Å². The average Bonchev–Trinajstić information content (AvgIpc) is 2.76. The molecule has 0 aliphatic heterocycles. The summed E-state index contributed by atoms with van der Waals surface area (Å²) in [4.78, 5) is 22.2. The van der Waals surface area contributed by atoms with Crippen LogP contribution in [0.4, 0.5) is 0 Å². The van der Waals surface area contributed by atoms with Gasteiger partial charge in [-0.1, -0.05) is 41.9 Å². The van der Waals surface area contributed by atoms with Gasteiger partial charge in [0.2, 0.25) is 5.88 Å². The zero-order valence-corrected chi connectivity index (χ0v) is 17.9. The van der Waals surface area contributed by atoms with E-state index in [9.17, 15) is 4.79 Å². The predicted octanol–water partition coefficient (Wildman–Crippen LogP) is 4.88. The van der Waals surface area contributed by atoms with Crippen LogP contribution in [0.2, 0.25) is 5.02 Å². The van der Waals surface area contributed by atoms with Crippen LogP contribution in [0, 0.1) is 0 Å². The third-order valence-electron chi connectivity index (χ3n) is 4.42. The van der Waals surface area contributed by atoms with Gasteiger partial charge in [0.25, 0.3) is 5.56 Å². The number of pyridine rings is 1. The highest BCUT2D eigenvalue weighted by Gasteiger charge is 2.23. The second kappa shape index (κ2) is 7.85. The molecular weight excluding hydrogens is 458 g/mol. The zero-order valence-electron chi connectivity index (χ0n) is 15.5. The Morgan fingerprint density at radius 1 is 0.966 bits per heavy atom. The van der Waals surface area contributed by atoms with E-state index in [1.54, 1.807) is 16.7 Å². The van der Waals surface area contributed by atoms with Gasteiger partial charge in [-0.25, -0.2) is 0 Å². The van der Waals surface area contributed by atoms with Crippen molar-refractivity contribution in [1.82, 2.24) is 14.5 Å². The van der Waals surface area contributed by atoms with Gasteiger partial charge in [-0.3, -0.25) is 9.36 Å². The van der Waals surface area contributed by atoms with Crippen molar-refractivity contribution >= 4 is 38.4 Å². The van der Waals surface area contributed by atoms with E-state index in [2.05, 4.69) is 25.9 Å². The maximum atomic E-state index is 13.6. The van der Waals surface area contributed by atoms with E-state index in [-0.39, 0.29) is 22.8 Å². The lowest BCUT2D eigenvalue weighted by molar-refractivity contribution is 0.356. The molecule has 0 aliphatic carbocycles. The van der Waals surface area contributed by atoms with Crippen LogP contribution in [-0.4, -0.2) is 28.8 Å². The lowest BCUT2D eigenvalue weighted by Gasteiger charge is -2.18. The Bertz CT molecular complexity index is 1260. The molecular formula is C21H15BrClN3O3. The number of rotatable bonds is 4. The molecule has 0 spiro atoms. The van der Waals surface area contributed by atoms with Gasteiger partial charge in [-0.15, -0.1) is 0 Å². The van der Waals surface area contributed by atoms with E-state index in [1.165, 1.54) is 14.2 Å². The highest BCUT2D eigenvalue weighted by Crippen LogP contribution is 2.36. The molecule has 29 heavy (non-hydrogen) atoms. The molecule has 2 aromatic heterocycles. The molecule has 4 rings (SSSR count). The number of nitrogens with zero attached hydrogens (tertiary/aromatic N) is 3. The fourth-order valence-electron chi connectivity index (χ4n) is 3.12. The second-order valence-electron chi connectivity index (χ2n) is 6.09. The normalized spacial score (nSPS) is 10.9. The van der Waals surface area contributed by atoms with Crippen LogP contribution in [0.25, 0.3) is 27.8 Å². The number of hydrogen-bond donors (Lipinski definition) is 0. The van der Waals surface area contributed by atoms with Crippen LogP contribution in [-0.2, 0) is 0 Å². The zero-order chi connectivity index (χ0) is 20.5. The van der Waals surface area contributed by atoms with Gasteiger partial charge in [0.1, 0.15) is 10.9 Å². The topological polar surface area (TPSA) is 66.2 Å². The lowest BCUT2D eigenvalue weighted by atomic mass is 10.1. The summed E-state index contributed by atoms with van der Waals surface area (Å²) in [5.41, 5.74) is 2.21. The van der Waals surface area contributed by atoms with Gasteiger partial charge in [-0.2, -0.15) is 9.97 Å². The summed E-state index contributed by atoms with van der Waals surface area (Å²) in [5, 5.41) is 0.853. The molecule has 2 heterocycles. The van der Waals surface area contributed by atoms with Gasteiger partial charge < -0.3 is 9.47 Å². The number of aromatic nitrogens is 3. The fraction of sp³-hybridized carbons (Fsp3) is 0.0952. The molecule has 0 radical (unpaired) electrons. The molecule has 0 N–H and O–H groups in total. The Hall–Kier alpha value is -2.90. The first-order valence-corrected chi connectivity index (χ1v) is 9.78. The summed E-state index contributed by atoms with van der Waals surface area (Å²) in [6.07, 6.45) is 0.